The van der Waals surface area contributed by atoms with Crippen molar-refractivity contribution in [3.8, 4) is 5.75 Å². The maximum Gasteiger partial charge on any atom is 1.00 e. The van der Waals surface area contributed by atoms with Crippen molar-refractivity contribution in [1.82, 2.24) is 0 Å². The van der Waals surface area contributed by atoms with Crippen molar-refractivity contribution in [1.29, 1.82) is 0 Å². The van der Waals surface area contributed by atoms with Crippen LogP contribution in [0.2, 0.25) is 0 Å². The molecule has 0 unspecified atom stereocenters. The Hall–Kier alpha value is -0.590. The third-order valence-electron chi connectivity index (χ3n) is 1.93. The van der Waals surface area contributed by atoms with Crippen LogP contribution in [0.25, 0.3) is 0 Å². The van der Waals surface area contributed by atoms with Crippen LogP contribution in [-0.4, -0.2) is 29.7 Å². The number of ether oxygens (including phenoxy) is 1. The quantitative estimate of drug-likeness (QED) is 0.560. The molecule has 0 aliphatic carbocycles. The van der Waals surface area contributed by atoms with E-state index in [0.29, 0.717) is 6.42 Å². The van der Waals surface area contributed by atoms with E-state index in [0.717, 1.165) is 11.3 Å². The number of carbonyl (C=O) groups is 1. The molecule has 0 spiro atoms. The van der Waals surface area contributed by atoms with Gasteiger partial charge < -0.3 is 21.1 Å². The standard InChI is InChI=1S/C10H13NO3.Na.H2O/c1-14-8-4-2-7(3-5-8)6-9(11)10(12)13;;/h2-5,9H,6,11H2,1H3,(H,12,13);;1H2/q;+1;/p-1/t9-;;/m0../s1. The predicted molar refractivity (Wildman–Crippen MR) is 54.2 cm³/mol. The monoisotopic (exact) mass is 235 g/mol. The molecule has 1 aromatic carbocycles. The Morgan fingerprint density at radius 3 is 2.31 bits per heavy atom. The molecule has 0 bridgehead atoms. The second-order valence-electron chi connectivity index (χ2n) is 3.00. The van der Waals surface area contributed by atoms with E-state index in [1.807, 2.05) is 12.1 Å². The van der Waals surface area contributed by atoms with Crippen LogP contribution in [0.1, 0.15) is 5.56 Å². The molecule has 6 heteroatoms. The van der Waals surface area contributed by atoms with Crippen LogP contribution in [-0.2, 0) is 11.2 Å². The van der Waals surface area contributed by atoms with Crippen molar-refractivity contribution in [2.45, 2.75) is 12.5 Å². The Bertz CT molecular complexity index is 315. The van der Waals surface area contributed by atoms with Crippen molar-refractivity contribution < 1.29 is 49.7 Å². The van der Waals surface area contributed by atoms with Crippen molar-refractivity contribution in [2.75, 3.05) is 7.11 Å². The van der Waals surface area contributed by atoms with E-state index in [2.05, 4.69) is 0 Å². The van der Waals surface area contributed by atoms with E-state index in [9.17, 15) is 4.79 Å². The van der Waals surface area contributed by atoms with Crippen molar-refractivity contribution in [3.63, 3.8) is 0 Å². The van der Waals surface area contributed by atoms with E-state index in [1.54, 1.807) is 19.2 Å². The van der Waals surface area contributed by atoms with Crippen molar-refractivity contribution in [2.24, 2.45) is 5.73 Å². The Balaban J connectivity index is 0. The number of rotatable bonds is 4. The fraction of sp³-hybridized carbons (Fsp3) is 0.300. The summed E-state index contributed by atoms with van der Waals surface area (Å²) in [5.41, 5.74) is 6.28. The zero-order chi connectivity index (χ0) is 10.6. The maximum absolute atomic E-state index is 10.5. The molecule has 84 valence electrons. The Labute approximate surface area is 116 Å². The summed E-state index contributed by atoms with van der Waals surface area (Å²) in [6.07, 6.45) is 0.333. The first-order chi connectivity index (χ1) is 6.63. The summed E-state index contributed by atoms with van der Waals surface area (Å²) in [5, 5.41) is 8.59. The summed E-state index contributed by atoms with van der Waals surface area (Å²) in [5.74, 6) is -0.238. The molecule has 0 saturated carbocycles. The molecule has 0 aliphatic heterocycles. The molecule has 0 saturated heterocycles. The number of methoxy groups -OCH3 is 1. The molecule has 16 heavy (non-hydrogen) atoms. The molecule has 1 atom stereocenters. The number of carboxylic acids is 1. The van der Waals surface area contributed by atoms with Gasteiger partial charge in [0.05, 0.1) is 7.11 Å². The third kappa shape index (κ3) is 5.48. The Morgan fingerprint density at radius 1 is 1.44 bits per heavy atom. The zero-order valence-electron chi connectivity index (χ0n) is 9.38. The third-order valence-corrected chi connectivity index (χ3v) is 1.93. The predicted octanol–water partition coefficient (Wildman–Crippen LogP) is -2.52. The average Bonchev–Trinajstić information content (AvgIpc) is 2.19. The minimum atomic E-state index is -0.985. The van der Waals surface area contributed by atoms with E-state index in [-0.39, 0.29) is 35.0 Å². The average molecular weight is 235 g/mol. The molecule has 0 aliphatic rings. The summed E-state index contributed by atoms with van der Waals surface area (Å²) in [6, 6.07) is 6.33. The summed E-state index contributed by atoms with van der Waals surface area (Å²) in [6.45, 7) is 0. The fourth-order valence-electron chi connectivity index (χ4n) is 1.10. The molecule has 1 rings (SSSR count). The SMILES string of the molecule is COc1ccc(C[C@H](N)C(=O)O)cc1.[Na+].[OH-]. The molecule has 4 N–H and O–H groups in total. The molecule has 0 heterocycles. The first-order valence-corrected chi connectivity index (χ1v) is 4.25. The number of hydrogen-bond acceptors (Lipinski definition) is 4. The Morgan fingerprint density at radius 2 is 1.94 bits per heavy atom. The van der Waals surface area contributed by atoms with Gasteiger partial charge in [0.25, 0.3) is 0 Å². The van der Waals surface area contributed by atoms with E-state index in [1.165, 1.54) is 0 Å². The van der Waals surface area contributed by atoms with Crippen LogP contribution in [0.4, 0.5) is 0 Å². The topological polar surface area (TPSA) is 103 Å². The number of carboxylic acid groups (broad SMARTS) is 1. The van der Waals surface area contributed by atoms with Crippen LogP contribution in [0.5, 0.6) is 5.75 Å². The van der Waals surface area contributed by atoms with Crippen LogP contribution >= 0.6 is 0 Å². The first-order valence-electron chi connectivity index (χ1n) is 4.25. The smallest absolute Gasteiger partial charge is 0.870 e. The minimum Gasteiger partial charge on any atom is -0.870 e. The molecule has 0 amide bonds. The van der Waals surface area contributed by atoms with Crippen LogP contribution in [0, 0.1) is 0 Å². The van der Waals surface area contributed by atoms with Crippen molar-refractivity contribution >= 4 is 5.97 Å². The molecule has 1 aromatic rings. The molecule has 0 aromatic heterocycles. The van der Waals surface area contributed by atoms with Crippen LogP contribution in [0.15, 0.2) is 24.3 Å². The van der Waals surface area contributed by atoms with Gasteiger partial charge in [0, 0.05) is 0 Å². The molecule has 0 fully saturated rings. The van der Waals surface area contributed by atoms with Gasteiger partial charge in [-0.2, -0.15) is 0 Å². The van der Waals surface area contributed by atoms with Gasteiger partial charge in [-0.15, -0.1) is 0 Å². The fourth-order valence-corrected chi connectivity index (χ4v) is 1.10. The van der Waals surface area contributed by atoms with Crippen LogP contribution < -0.4 is 40.0 Å². The normalized spacial score (nSPS) is 10.6. The summed E-state index contributed by atoms with van der Waals surface area (Å²) >= 11 is 0. The molecule has 5 nitrogen and oxygen atoms in total. The van der Waals surface area contributed by atoms with Gasteiger partial charge in [0.2, 0.25) is 0 Å². The molecular formula is C10H14NNaO4. The van der Waals surface area contributed by atoms with Gasteiger partial charge in [-0.3, -0.25) is 4.79 Å². The van der Waals surface area contributed by atoms with Gasteiger partial charge >= 0.3 is 35.5 Å². The second kappa shape index (κ2) is 8.55. The zero-order valence-corrected chi connectivity index (χ0v) is 11.4. The minimum absolute atomic E-state index is 0. The van der Waals surface area contributed by atoms with Crippen LogP contribution in [0.3, 0.4) is 0 Å². The largest absolute Gasteiger partial charge is 1.00 e. The van der Waals surface area contributed by atoms with Gasteiger partial charge in [0.1, 0.15) is 11.8 Å². The van der Waals surface area contributed by atoms with Gasteiger partial charge in [-0.1, -0.05) is 12.1 Å². The molecule has 0 radical (unpaired) electrons. The Kier molecular flexibility index (Phi) is 9.51. The van der Waals surface area contributed by atoms with Gasteiger partial charge in [-0.05, 0) is 24.1 Å². The first kappa shape index (κ1) is 17.8. The number of hydrogen-bond donors (Lipinski definition) is 2. The van der Waals surface area contributed by atoms with E-state index >= 15 is 0 Å². The maximum atomic E-state index is 10.5. The number of aliphatic carboxylic acids is 1. The van der Waals surface area contributed by atoms with Gasteiger partial charge in [0.15, 0.2) is 0 Å². The summed E-state index contributed by atoms with van der Waals surface area (Å²) in [4.78, 5) is 10.5. The van der Waals surface area contributed by atoms with Gasteiger partial charge in [-0.25, -0.2) is 0 Å². The second-order valence-corrected chi connectivity index (χ2v) is 3.00. The number of benzene rings is 1. The van der Waals surface area contributed by atoms with E-state index in [4.69, 9.17) is 15.6 Å². The number of nitrogens with two attached hydrogens (primary N) is 1. The van der Waals surface area contributed by atoms with Crippen molar-refractivity contribution in [3.05, 3.63) is 29.8 Å². The molecular weight excluding hydrogens is 221 g/mol. The van der Waals surface area contributed by atoms with E-state index < -0.39 is 12.0 Å². The summed E-state index contributed by atoms with van der Waals surface area (Å²) in [7, 11) is 1.58. The summed E-state index contributed by atoms with van der Waals surface area (Å²) < 4.78 is 4.97.